The number of ether oxygens (including phenoxy) is 3. The second kappa shape index (κ2) is 9.07. The molecule has 0 bridgehead atoms. The normalized spacial score (nSPS) is 15.3. The third-order valence-corrected chi connectivity index (χ3v) is 4.81. The van der Waals surface area contributed by atoms with Crippen LogP contribution in [0.1, 0.15) is 47.2 Å². The molecule has 1 aromatic heterocycles. The first-order valence-corrected chi connectivity index (χ1v) is 10.1. The SMILES string of the molecule is CC(C)(O)c1ccc(CNC(=O)c2cncnc2OC2=COC(c3ccccc3)O2)cc1. The fourth-order valence-electron chi connectivity index (χ4n) is 3.04. The maximum absolute atomic E-state index is 12.7. The minimum Gasteiger partial charge on any atom is -0.451 e. The predicted octanol–water partition coefficient (Wildman–Crippen LogP) is 3.56. The van der Waals surface area contributed by atoms with Gasteiger partial charge in [-0.15, -0.1) is 0 Å². The van der Waals surface area contributed by atoms with Gasteiger partial charge >= 0.3 is 5.95 Å². The number of carbonyl (C=O) groups is 1. The van der Waals surface area contributed by atoms with Gasteiger partial charge in [0.2, 0.25) is 5.88 Å². The van der Waals surface area contributed by atoms with E-state index < -0.39 is 17.8 Å². The second-order valence-corrected chi connectivity index (χ2v) is 7.72. The fourth-order valence-corrected chi connectivity index (χ4v) is 3.04. The number of amides is 1. The fraction of sp³-hybridized carbons (Fsp3) is 0.208. The van der Waals surface area contributed by atoms with E-state index in [4.69, 9.17) is 14.2 Å². The molecule has 1 aliphatic heterocycles. The molecular weight excluding hydrogens is 410 g/mol. The van der Waals surface area contributed by atoms with Crippen molar-refractivity contribution in [2.75, 3.05) is 0 Å². The summed E-state index contributed by atoms with van der Waals surface area (Å²) in [5.41, 5.74) is 1.74. The quantitative estimate of drug-likeness (QED) is 0.587. The van der Waals surface area contributed by atoms with Crippen LogP contribution in [0.3, 0.4) is 0 Å². The highest BCUT2D eigenvalue weighted by atomic mass is 16.8. The number of carbonyl (C=O) groups excluding carboxylic acids is 1. The summed E-state index contributed by atoms with van der Waals surface area (Å²) < 4.78 is 16.8. The molecule has 4 rings (SSSR count). The van der Waals surface area contributed by atoms with Crippen LogP contribution in [0.25, 0.3) is 0 Å². The first kappa shape index (κ1) is 21.3. The number of nitrogens with one attached hydrogen (secondary N) is 1. The standard InChI is InChI=1S/C24H23N3O5/c1-24(2,29)18-10-8-16(9-11-18)12-26-21(28)19-13-25-15-27-22(19)31-20-14-30-23(32-20)17-6-4-3-5-7-17/h3-11,13-15,23,29H,12H2,1-2H3,(H,26,28). The Bertz CT molecular complexity index is 1110. The van der Waals surface area contributed by atoms with Crippen LogP contribution in [0.5, 0.6) is 5.88 Å². The van der Waals surface area contributed by atoms with Crippen LogP contribution in [-0.2, 0) is 21.6 Å². The predicted molar refractivity (Wildman–Crippen MR) is 115 cm³/mol. The number of nitrogens with zero attached hydrogens (tertiary/aromatic N) is 2. The first-order chi connectivity index (χ1) is 15.4. The lowest BCUT2D eigenvalue weighted by Crippen LogP contribution is -2.24. The summed E-state index contributed by atoms with van der Waals surface area (Å²) >= 11 is 0. The molecule has 0 saturated carbocycles. The number of hydrogen-bond donors (Lipinski definition) is 2. The molecule has 0 radical (unpaired) electrons. The van der Waals surface area contributed by atoms with Crippen LogP contribution in [0, 0.1) is 0 Å². The number of hydrogen-bond acceptors (Lipinski definition) is 7. The zero-order chi connectivity index (χ0) is 22.6. The van der Waals surface area contributed by atoms with Crippen LogP contribution >= 0.6 is 0 Å². The molecule has 0 aliphatic carbocycles. The molecule has 2 heterocycles. The summed E-state index contributed by atoms with van der Waals surface area (Å²) in [6, 6.07) is 16.8. The Labute approximate surface area is 185 Å². The molecular formula is C24H23N3O5. The van der Waals surface area contributed by atoms with E-state index in [0.717, 1.165) is 16.7 Å². The lowest BCUT2D eigenvalue weighted by atomic mass is 9.97. The van der Waals surface area contributed by atoms with Crippen molar-refractivity contribution in [2.24, 2.45) is 0 Å². The number of aliphatic hydroxyl groups is 1. The minimum atomic E-state index is -0.921. The molecule has 1 unspecified atom stereocenters. The number of aromatic nitrogens is 2. The summed E-state index contributed by atoms with van der Waals surface area (Å²) in [6.07, 6.45) is 3.37. The van der Waals surface area contributed by atoms with Gasteiger partial charge in [-0.3, -0.25) is 4.79 Å². The maximum Gasteiger partial charge on any atom is 0.326 e. The monoisotopic (exact) mass is 433 g/mol. The van der Waals surface area contributed by atoms with Crippen molar-refractivity contribution in [3.63, 3.8) is 0 Å². The Morgan fingerprint density at radius 2 is 1.91 bits per heavy atom. The average molecular weight is 433 g/mol. The molecule has 32 heavy (non-hydrogen) atoms. The van der Waals surface area contributed by atoms with E-state index in [9.17, 15) is 9.90 Å². The zero-order valence-corrected chi connectivity index (χ0v) is 17.7. The van der Waals surface area contributed by atoms with Gasteiger partial charge in [0.15, 0.2) is 6.26 Å². The van der Waals surface area contributed by atoms with Gasteiger partial charge in [0.1, 0.15) is 11.9 Å². The van der Waals surface area contributed by atoms with Gasteiger partial charge in [0, 0.05) is 18.3 Å². The molecule has 164 valence electrons. The van der Waals surface area contributed by atoms with Gasteiger partial charge in [-0.1, -0.05) is 54.6 Å². The minimum absolute atomic E-state index is 0.0541. The van der Waals surface area contributed by atoms with Gasteiger partial charge in [-0.25, -0.2) is 9.97 Å². The Morgan fingerprint density at radius 1 is 1.16 bits per heavy atom. The van der Waals surface area contributed by atoms with Crippen LogP contribution in [0.4, 0.5) is 0 Å². The highest BCUT2D eigenvalue weighted by Crippen LogP contribution is 2.30. The van der Waals surface area contributed by atoms with Crippen molar-refractivity contribution in [2.45, 2.75) is 32.3 Å². The number of rotatable bonds is 7. The summed E-state index contributed by atoms with van der Waals surface area (Å²) in [5.74, 6) is -0.251. The van der Waals surface area contributed by atoms with Gasteiger partial charge < -0.3 is 24.6 Å². The van der Waals surface area contributed by atoms with Crippen molar-refractivity contribution in [1.82, 2.24) is 15.3 Å². The van der Waals surface area contributed by atoms with E-state index in [2.05, 4.69) is 15.3 Å². The lowest BCUT2D eigenvalue weighted by Gasteiger charge is -2.18. The molecule has 3 aromatic rings. The highest BCUT2D eigenvalue weighted by Gasteiger charge is 2.25. The van der Waals surface area contributed by atoms with Crippen molar-refractivity contribution in [1.29, 1.82) is 0 Å². The molecule has 8 nitrogen and oxygen atoms in total. The van der Waals surface area contributed by atoms with Gasteiger partial charge in [0.25, 0.3) is 12.2 Å². The summed E-state index contributed by atoms with van der Waals surface area (Å²) in [4.78, 5) is 20.7. The topological polar surface area (TPSA) is 103 Å². The van der Waals surface area contributed by atoms with Crippen molar-refractivity contribution in [3.8, 4) is 5.88 Å². The van der Waals surface area contributed by atoms with E-state index in [1.165, 1.54) is 18.8 Å². The van der Waals surface area contributed by atoms with Gasteiger partial charge in [0.05, 0.1) is 5.60 Å². The van der Waals surface area contributed by atoms with Crippen molar-refractivity contribution < 1.29 is 24.1 Å². The average Bonchev–Trinajstić information content (AvgIpc) is 3.27. The Hall–Kier alpha value is -3.91. The maximum atomic E-state index is 12.7. The number of benzene rings is 2. The third kappa shape index (κ3) is 5.04. The van der Waals surface area contributed by atoms with E-state index in [0.29, 0.717) is 0 Å². The van der Waals surface area contributed by atoms with E-state index in [-0.39, 0.29) is 23.9 Å². The molecule has 1 amide bonds. The highest BCUT2D eigenvalue weighted by molar-refractivity contribution is 5.96. The first-order valence-electron chi connectivity index (χ1n) is 10.1. The molecule has 1 aliphatic rings. The van der Waals surface area contributed by atoms with Gasteiger partial charge in [-0.2, -0.15) is 0 Å². The molecule has 0 spiro atoms. The third-order valence-electron chi connectivity index (χ3n) is 4.81. The Kier molecular flexibility index (Phi) is 6.04. The van der Waals surface area contributed by atoms with Crippen molar-refractivity contribution in [3.05, 3.63) is 102 Å². The summed E-state index contributed by atoms with van der Waals surface area (Å²) in [7, 11) is 0. The molecule has 0 saturated heterocycles. The molecule has 2 N–H and O–H groups in total. The van der Waals surface area contributed by atoms with E-state index in [1.807, 2.05) is 54.6 Å². The van der Waals surface area contributed by atoms with Crippen molar-refractivity contribution >= 4 is 5.91 Å². The van der Waals surface area contributed by atoms with Crippen LogP contribution in [0.15, 0.2) is 79.3 Å². The van der Waals surface area contributed by atoms with Crippen LogP contribution in [-0.4, -0.2) is 21.0 Å². The molecule has 2 aromatic carbocycles. The van der Waals surface area contributed by atoms with E-state index >= 15 is 0 Å². The molecule has 8 heteroatoms. The Morgan fingerprint density at radius 3 is 2.62 bits per heavy atom. The molecule has 1 atom stereocenters. The molecule has 0 fully saturated rings. The van der Waals surface area contributed by atoms with Crippen LogP contribution < -0.4 is 10.1 Å². The lowest BCUT2D eigenvalue weighted by molar-refractivity contribution is -0.0566. The smallest absolute Gasteiger partial charge is 0.326 e. The second-order valence-electron chi connectivity index (χ2n) is 7.72. The van der Waals surface area contributed by atoms with Crippen LogP contribution in [0.2, 0.25) is 0 Å². The largest absolute Gasteiger partial charge is 0.451 e. The summed E-state index contributed by atoms with van der Waals surface area (Å²) in [6.45, 7) is 3.73. The Balaban J connectivity index is 1.38. The summed E-state index contributed by atoms with van der Waals surface area (Å²) in [5, 5.41) is 12.9. The van der Waals surface area contributed by atoms with E-state index in [1.54, 1.807) is 13.8 Å². The van der Waals surface area contributed by atoms with Gasteiger partial charge in [-0.05, 0) is 25.0 Å². The zero-order valence-electron chi connectivity index (χ0n) is 17.7.